The number of thioether (sulfide) groups is 1. The molecule has 4 nitrogen and oxygen atoms in total. The van der Waals surface area contributed by atoms with E-state index in [2.05, 4.69) is 5.32 Å². The van der Waals surface area contributed by atoms with Crippen molar-refractivity contribution in [1.82, 2.24) is 10.2 Å². The Morgan fingerprint density at radius 2 is 1.75 bits per heavy atom. The molecule has 0 aliphatic heterocycles. The third kappa shape index (κ3) is 8.18. The van der Waals surface area contributed by atoms with Gasteiger partial charge in [-0.15, -0.1) is 11.8 Å². The van der Waals surface area contributed by atoms with E-state index in [1.54, 1.807) is 16.7 Å². The van der Waals surface area contributed by atoms with E-state index in [0.717, 1.165) is 39.6 Å². The van der Waals surface area contributed by atoms with E-state index in [9.17, 15) is 9.59 Å². The number of nitrogens with one attached hydrogen (secondary N) is 1. The molecule has 0 saturated heterocycles. The Labute approximate surface area is 202 Å². The fourth-order valence-corrected chi connectivity index (χ4v) is 4.40. The highest BCUT2D eigenvalue weighted by atomic mass is 35.5. The summed E-state index contributed by atoms with van der Waals surface area (Å²) in [5.74, 6) is 0.789. The van der Waals surface area contributed by atoms with Crippen LogP contribution in [0.25, 0.3) is 0 Å². The van der Waals surface area contributed by atoms with E-state index < -0.39 is 6.04 Å². The third-order valence-electron chi connectivity index (χ3n) is 5.61. The highest BCUT2D eigenvalue weighted by Crippen LogP contribution is 2.22. The van der Waals surface area contributed by atoms with Gasteiger partial charge in [0.1, 0.15) is 6.04 Å². The van der Waals surface area contributed by atoms with Gasteiger partial charge in [0.25, 0.3) is 0 Å². The van der Waals surface area contributed by atoms with E-state index in [1.807, 2.05) is 76.2 Å². The Bertz CT molecular complexity index is 872. The lowest BCUT2D eigenvalue weighted by molar-refractivity contribution is -0.141. The molecular weight excluding hydrogens is 440 g/mol. The van der Waals surface area contributed by atoms with Crippen molar-refractivity contribution < 1.29 is 9.59 Å². The van der Waals surface area contributed by atoms with Gasteiger partial charge in [0.2, 0.25) is 11.8 Å². The molecule has 2 rings (SSSR count). The first kappa shape index (κ1) is 26.3. The van der Waals surface area contributed by atoms with Crippen molar-refractivity contribution >= 4 is 35.2 Å². The van der Waals surface area contributed by atoms with Crippen LogP contribution in [0.1, 0.15) is 57.6 Å². The molecule has 0 aliphatic carbocycles. The largest absolute Gasteiger partial charge is 0.352 e. The molecule has 6 heteroatoms. The van der Waals surface area contributed by atoms with Gasteiger partial charge in [-0.2, -0.15) is 0 Å². The summed E-state index contributed by atoms with van der Waals surface area (Å²) in [5, 5.41) is 3.78. The molecule has 1 N–H and O–H groups in total. The number of aryl methyl sites for hydroxylation is 1. The molecule has 2 atom stereocenters. The summed E-state index contributed by atoms with van der Waals surface area (Å²) in [6.07, 6.45) is 2.61. The lowest BCUT2D eigenvalue weighted by Gasteiger charge is -2.32. The van der Waals surface area contributed by atoms with E-state index in [1.165, 1.54) is 0 Å². The van der Waals surface area contributed by atoms with Crippen molar-refractivity contribution in [2.24, 2.45) is 0 Å². The zero-order valence-corrected chi connectivity index (χ0v) is 21.1. The highest BCUT2D eigenvalue weighted by Gasteiger charge is 2.29. The fourth-order valence-electron chi connectivity index (χ4n) is 3.42. The Hall–Kier alpha value is -1.98. The maximum absolute atomic E-state index is 13.3. The molecule has 0 fully saturated rings. The monoisotopic (exact) mass is 474 g/mol. The first-order valence-corrected chi connectivity index (χ1v) is 12.7. The minimum absolute atomic E-state index is 0.0242. The lowest BCUT2D eigenvalue weighted by Crippen LogP contribution is -2.50. The molecule has 0 unspecified atom stereocenters. The van der Waals surface area contributed by atoms with Gasteiger partial charge < -0.3 is 10.2 Å². The van der Waals surface area contributed by atoms with Gasteiger partial charge in [0.15, 0.2) is 0 Å². The van der Waals surface area contributed by atoms with Gasteiger partial charge in [-0.3, -0.25) is 9.59 Å². The standard InChI is InChI=1S/C26H35ClN2O2S/c1-5-20(4)28-26(31)24(6-2)29(18-21-11-8-7-10-19(21)3)25(30)12-9-17-32-23-15-13-22(27)14-16-23/h7-8,10-11,13-16,20,24H,5-6,9,12,17-18H2,1-4H3,(H,28,31)/t20-,24+/m1/s1. The Morgan fingerprint density at radius 3 is 2.38 bits per heavy atom. The van der Waals surface area contributed by atoms with Crippen LogP contribution in [0.5, 0.6) is 0 Å². The van der Waals surface area contributed by atoms with Gasteiger partial charge in [-0.05, 0) is 74.3 Å². The topological polar surface area (TPSA) is 49.4 Å². The number of hydrogen-bond donors (Lipinski definition) is 1. The SMILES string of the molecule is CC[C@@H](C)NC(=O)[C@H](CC)N(Cc1ccccc1C)C(=O)CCCSc1ccc(Cl)cc1. The van der Waals surface area contributed by atoms with Gasteiger partial charge in [0, 0.05) is 28.9 Å². The molecule has 0 spiro atoms. The van der Waals surface area contributed by atoms with Crippen molar-refractivity contribution in [2.75, 3.05) is 5.75 Å². The Morgan fingerprint density at radius 1 is 1.06 bits per heavy atom. The zero-order valence-electron chi connectivity index (χ0n) is 19.6. The van der Waals surface area contributed by atoms with Crippen LogP contribution in [-0.4, -0.2) is 34.6 Å². The molecule has 2 aromatic rings. The molecular formula is C26H35ClN2O2S. The van der Waals surface area contributed by atoms with Gasteiger partial charge in [-0.1, -0.05) is 49.7 Å². The molecule has 0 aliphatic rings. The lowest BCUT2D eigenvalue weighted by atomic mass is 10.0. The van der Waals surface area contributed by atoms with Crippen LogP contribution in [0.3, 0.4) is 0 Å². The second-order valence-corrected chi connectivity index (χ2v) is 9.70. The van der Waals surface area contributed by atoms with Crippen LogP contribution in [0.4, 0.5) is 0 Å². The summed E-state index contributed by atoms with van der Waals surface area (Å²) in [5.41, 5.74) is 2.20. The summed E-state index contributed by atoms with van der Waals surface area (Å²) >= 11 is 7.66. The first-order valence-electron chi connectivity index (χ1n) is 11.4. The van der Waals surface area contributed by atoms with Crippen LogP contribution in [0, 0.1) is 6.92 Å². The van der Waals surface area contributed by atoms with Crippen LogP contribution >= 0.6 is 23.4 Å². The Kier molecular flexibility index (Phi) is 11.1. The van der Waals surface area contributed by atoms with Crippen LogP contribution < -0.4 is 5.32 Å². The molecule has 0 radical (unpaired) electrons. The van der Waals surface area contributed by atoms with E-state index >= 15 is 0 Å². The predicted octanol–water partition coefficient (Wildman–Crippen LogP) is 6.24. The number of carbonyl (C=O) groups excluding carboxylic acids is 2. The number of halogens is 1. The molecule has 0 heterocycles. The molecule has 0 aromatic heterocycles. The van der Waals surface area contributed by atoms with E-state index in [0.29, 0.717) is 19.4 Å². The predicted molar refractivity (Wildman–Crippen MR) is 135 cm³/mol. The van der Waals surface area contributed by atoms with Gasteiger partial charge >= 0.3 is 0 Å². The third-order valence-corrected chi connectivity index (χ3v) is 6.96. The molecule has 0 bridgehead atoms. The minimum atomic E-state index is -0.472. The smallest absolute Gasteiger partial charge is 0.243 e. The highest BCUT2D eigenvalue weighted by molar-refractivity contribution is 7.99. The average molecular weight is 475 g/mol. The quantitative estimate of drug-likeness (QED) is 0.292. The maximum Gasteiger partial charge on any atom is 0.243 e. The molecule has 0 saturated carbocycles. The number of carbonyl (C=O) groups is 2. The summed E-state index contributed by atoms with van der Waals surface area (Å²) in [6.45, 7) is 8.49. The molecule has 32 heavy (non-hydrogen) atoms. The average Bonchev–Trinajstić information content (AvgIpc) is 2.78. The van der Waals surface area contributed by atoms with Crippen molar-refractivity contribution in [2.45, 2.75) is 76.9 Å². The fraction of sp³-hybridized carbons (Fsp3) is 0.462. The first-order chi connectivity index (χ1) is 15.3. The van der Waals surface area contributed by atoms with Crippen molar-refractivity contribution in [3.05, 3.63) is 64.7 Å². The zero-order chi connectivity index (χ0) is 23.5. The van der Waals surface area contributed by atoms with Crippen molar-refractivity contribution in [1.29, 1.82) is 0 Å². The van der Waals surface area contributed by atoms with Crippen LogP contribution in [-0.2, 0) is 16.1 Å². The Balaban J connectivity index is 2.07. The number of nitrogens with zero attached hydrogens (tertiary/aromatic N) is 1. The van der Waals surface area contributed by atoms with Gasteiger partial charge in [0.05, 0.1) is 0 Å². The van der Waals surface area contributed by atoms with E-state index in [-0.39, 0.29) is 17.9 Å². The molecule has 174 valence electrons. The normalized spacial score (nSPS) is 12.8. The summed E-state index contributed by atoms with van der Waals surface area (Å²) in [6, 6.07) is 15.4. The van der Waals surface area contributed by atoms with Crippen molar-refractivity contribution in [3.63, 3.8) is 0 Å². The second-order valence-electron chi connectivity index (χ2n) is 8.10. The number of amides is 2. The minimum Gasteiger partial charge on any atom is -0.352 e. The van der Waals surface area contributed by atoms with Gasteiger partial charge in [-0.25, -0.2) is 0 Å². The number of benzene rings is 2. The van der Waals surface area contributed by atoms with Crippen LogP contribution in [0.15, 0.2) is 53.4 Å². The summed E-state index contributed by atoms with van der Waals surface area (Å²) in [4.78, 5) is 29.2. The van der Waals surface area contributed by atoms with Crippen molar-refractivity contribution in [3.8, 4) is 0 Å². The maximum atomic E-state index is 13.3. The number of rotatable bonds is 12. The van der Waals surface area contributed by atoms with E-state index in [4.69, 9.17) is 11.6 Å². The summed E-state index contributed by atoms with van der Waals surface area (Å²) < 4.78 is 0. The molecule has 2 aromatic carbocycles. The second kappa shape index (κ2) is 13.5. The number of hydrogen-bond acceptors (Lipinski definition) is 3. The summed E-state index contributed by atoms with van der Waals surface area (Å²) in [7, 11) is 0. The molecule has 2 amide bonds. The van der Waals surface area contributed by atoms with Crippen LogP contribution in [0.2, 0.25) is 5.02 Å².